The maximum atomic E-state index is 11.1. The molecule has 0 bridgehead atoms. The Balaban J connectivity index is 3.69. The molecule has 0 fully saturated rings. The van der Waals surface area contributed by atoms with Gasteiger partial charge < -0.3 is 15.6 Å². The van der Waals surface area contributed by atoms with Crippen molar-refractivity contribution in [2.45, 2.75) is 18.9 Å². The van der Waals surface area contributed by atoms with Crippen molar-refractivity contribution in [3.05, 3.63) is 0 Å². The van der Waals surface area contributed by atoms with E-state index in [2.05, 4.69) is 4.74 Å². The van der Waals surface area contributed by atoms with Gasteiger partial charge in [0, 0.05) is 5.75 Å². The van der Waals surface area contributed by atoms with Gasteiger partial charge in [-0.1, -0.05) is 0 Å². The summed E-state index contributed by atoms with van der Waals surface area (Å²) < 4.78 is 4.55. The molecule has 0 radical (unpaired) electrons. The van der Waals surface area contributed by atoms with Crippen molar-refractivity contribution in [3.63, 3.8) is 0 Å². The molecule has 0 aromatic carbocycles. The number of aliphatic hydroxyl groups excluding tert-OH is 1. The summed E-state index contributed by atoms with van der Waals surface area (Å²) in [5.41, 5.74) is 4.80. The summed E-state index contributed by atoms with van der Waals surface area (Å²) in [5, 5.41) is 8.51. The summed E-state index contributed by atoms with van der Waals surface area (Å²) in [5.74, 6) is 1.04. The lowest BCUT2D eigenvalue weighted by Crippen LogP contribution is -2.46. The van der Waals surface area contributed by atoms with E-state index >= 15 is 0 Å². The third-order valence-corrected chi connectivity index (χ3v) is 2.62. The van der Waals surface area contributed by atoms with Gasteiger partial charge in [-0.25, -0.2) is 0 Å². The number of hydrogen-bond acceptors (Lipinski definition) is 5. The Morgan fingerprint density at radius 1 is 1.62 bits per heavy atom. The Morgan fingerprint density at radius 2 is 2.23 bits per heavy atom. The number of ether oxygens (including phenoxy) is 1. The Bertz CT molecular complexity index is 161. The van der Waals surface area contributed by atoms with Gasteiger partial charge in [0.15, 0.2) is 0 Å². The minimum absolute atomic E-state index is 0.157. The van der Waals surface area contributed by atoms with E-state index in [1.165, 1.54) is 7.11 Å². The van der Waals surface area contributed by atoms with E-state index in [9.17, 15) is 4.79 Å². The highest BCUT2D eigenvalue weighted by atomic mass is 32.2. The molecule has 0 rings (SSSR count). The quantitative estimate of drug-likeness (QED) is 0.473. The molecule has 0 aliphatic rings. The topological polar surface area (TPSA) is 72.5 Å². The lowest BCUT2D eigenvalue weighted by atomic mass is 10.0. The summed E-state index contributed by atoms with van der Waals surface area (Å²) in [4.78, 5) is 11.1. The van der Waals surface area contributed by atoms with Crippen molar-refractivity contribution in [1.29, 1.82) is 0 Å². The lowest BCUT2D eigenvalue weighted by Gasteiger charge is -2.20. The number of carbonyl (C=O) groups excluding carboxylic acids is 1. The fraction of sp³-hybridized carbons (Fsp3) is 0.875. The van der Waals surface area contributed by atoms with Gasteiger partial charge in [-0.2, -0.15) is 11.8 Å². The van der Waals surface area contributed by atoms with Gasteiger partial charge in [-0.3, -0.25) is 4.79 Å². The molecule has 4 nitrogen and oxygen atoms in total. The number of methoxy groups -OCH3 is 1. The fourth-order valence-corrected chi connectivity index (χ4v) is 1.69. The van der Waals surface area contributed by atoms with Crippen LogP contribution in [0.15, 0.2) is 0 Å². The molecule has 0 heterocycles. The normalized spacial score (nSPS) is 15.1. The average Bonchev–Trinajstić information content (AvgIpc) is 2.11. The van der Waals surface area contributed by atoms with Gasteiger partial charge in [0.05, 0.1) is 13.7 Å². The highest BCUT2D eigenvalue weighted by Gasteiger charge is 2.28. The number of carbonyl (C=O) groups is 1. The van der Waals surface area contributed by atoms with E-state index in [0.29, 0.717) is 12.2 Å². The van der Waals surface area contributed by atoms with E-state index < -0.39 is 11.5 Å². The standard InChI is InChI=1S/C8H17NO3S/c1-8(9,7(11)12-2)3-5-13-6-4-10/h10H,3-6,9H2,1-2H3. The van der Waals surface area contributed by atoms with Crippen LogP contribution < -0.4 is 5.73 Å². The van der Waals surface area contributed by atoms with Gasteiger partial charge in [0.1, 0.15) is 5.54 Å². The van der Waals surface area contributed by atoms with E-state index in [4.69, 9.17) is 10.8 Å². The highest BCUT2D eigenvalue weighted by molar-refractivity contribution is 7.99. The second kappa shape index (κ2) is 6.23. The van der Waals surface area contributed by atoms with Gasteiger partial charge in [0.25, 0.3) is 0 Å². The fourth-order valence-electron chi connectivity index (χ4n) is 0.786. The summed E-state index contributed by atoms with van der Waals surface area (Å²) in [7, 11) is 1.33. The second-order valence-corrected chi connectivity index (χ2v) is 4.22. The number of esters is 1. The summed E-state index contributed by atoms with van der Waals surface area (Å²) >= 11 is 1.57. The smallest absolute Gasteiger partial charge is 0.325 e. The zero-order valence-electron chi connectivity index (χ0n) is 8.08. The molecule has 0 aromatic heterocycles. The summed E-state index contributed by atoms with van der Waals surface area (Å²) in [6.07, 6.45) is 0.560. The zero-order valence-corrected chi connectivity index (χ0v) is 8.89. The molecular formula is C8H17NO3S. The van der Waals surface area contributed by atoms with Crippen LogP contribution in [-0.2, 0) is 9.53 Å². The van der Waals surface area contributed by atoms with Crippen LogP contribution in [0.1, 0.15) is 13.3 Å². The van der Waals surface area contributed by atoms with Crippen molar-refractivity contribution < 1.29 is 14.6 Å². The third-order valence-electron chi connectivity index (χ3n) is 1.65. The third kappa shape index (κ3) is 5.13. The van der Waals surface area contributed by atoms with Crippen LogP contribution >= 0.6 is 11.8 Å². The van der Waals surface area contributed by atoms with E-state index in [1.807, 2.05) is 0 Å². The van der Waals surface area contributed by atoms with Gasteiger partial charge in [0.2, 0.25) is 0 Å². The highest BCUT2D eigenvalue weighted by Crippen LogP contribution is 2.12. The van der Waals surface area contributed by atoms with Crippen LogP contribution in [0.5, 0.6) is 0 Å². The molecule has 0 aliphatic carbocycles. The first-order chi connectivity index (χ1) is 6.04. The van der Waals surface area contributed by atoms with Gasteiger partial charge >= 0.3 is 5.97 Å². The molecule has 78 valence electrons. The Morgan fingerprint density at radius 3 is 2.69 bits per heavy atom. The van der Waals surface area contributed by atoms with Crippen LogP contribution in [-0.4, -0.2) is 41.8 Å². The molecule has 0 aromatic rings. The molecule has 0 spiro atoms. The first-order valence-electron chi connectivity index (χ1n) is 4.10. The Kier molecular flexibility index (Phi) is 6.11. The van der Waals surface area contributed by atoms with Crippen molar-refractivity contribution >= 4 is 17.7 Å². The van der Waals surface area contributed by atoms with Crippen LogP contribution in [0.3, 0.4) is 0 Å². The molecule has 0 aliphatic heterocycles. The van der Waals surface area contributed by atoms with Crippen molar-refractivity contribution in [2.24, 2.45) is 5.73 Å². The van der Waals surface area contributed by atoms with Crippen molar-refractivity contribution in [3.8, 4) is 0 Å². The lowest BCUT2D eigenvalue weighted by molar-refractivity contribution is -0.146. The molecule has 3 N–H and O–H groups in total. The number of hydrogen-bond donors (Lipinski definition) is 2. The van der Waals surface area contributed by atoms with E-state index in [1.54, 1.807) is 18.7 Å². The predicted octanol–water partition coefficient (Wildman–Crippen LogP) is -0.00760. The number of thioether (sulfide) groups is 1. The van der Waals surface area contributed by atoms with Crippen LogP contribution in [0.4, 0.5) is 0 Å². The molecule has 5 heteroatoms. The molecule has 13 heavy (non-hydrogen) atoms. The SMILES string of the molecule is COC(=O)C(C)(N)CCSCCO. The van der Waals surface area contributed by atoms with E-state index in [0.717, 1.165) is 5.75 Å². The number of rotatable bonds is 6. The summed E-state index contributed by atoms with van der Waals surface area (Å²) in [6, 6.07) is 0. The minimum atomic E-state index is -0.906. The van der Waals surface area contributed by atoms with Crippen LogP contribution in [0.2, 0.25) is 0 Å². The van der Waals surface area contributed by atoms with Gasteiger partial charge in [-0.15, -0.1) is 0 Å². The maximum Gasteiger partial charge on any atom is 0.325 e. The van der Waals surface area contributed by atoms with Crippen molar-refractivity contribution in [2.75, 3.05) is 25.2 Å². The molecule has 1 atom stereocenters. The number of nitrogens with two attached hydrogens (primary N) is 1. The largest absolute Gasteiger partial charge is 0.468 e. The first kappa shape index (κ1) is 12.7. The van der Waals surface area contributed by atoms with Crippen LogP contribution in [0, 0.1) is 0 Å². The first-order valence-corrected chi connectivity index (χ1v) is 5.26. The second-order valence-electron chi connectivity index (χ2n) is 3.00. The molecule has 0 amide bonds. The molecule has 1 unspecified atom stereocenters. The number of aliphatic hydroxyl groups is 1. The Labute approximate surface area is 82.8 Å². The zero-order chi connectivity index (χ0) is 10.3. The van der Waals surface area contributed by atoms with E-state index in [-0.39, 0.29) is 6.61 Å². The molecule has 0 saturated heterocycles. The minimum Gasteiger partial charge on any atom is -0.468 e. The molecular weight excluding hydrogens is 190 g/mol. The predicted molar refractivity (Wildman–Crippen MR) is 53.6 cm³/mol. The average molecular weight is 207 g/mol. The molecule has 0 saturated carbocycles. The van der Waals surface area contributed by atoms with Crippen LogP contribution in [0.25, 0.3) is 0 Å². The van der Waals surface area contributed by atoms with Gasteiger partial charge in [-0.05, 0) is 19.1 Å². The summed E-state index contributed by atoms with van der Waals surface area (Å²) in [6.45, 7) is 1.81. The Hall–Kier alpha value is -0.260. The maximum absolute atomic E-state index is 11.1. The van der Waals surface area contributed by atoms with Crippen molar-refractivity contribution in [1.82, 2.24) is 0 Å². The monoisotopic (exact) mass is 207 g/mol.